The normalized spacial score (nSPS) is 11.5. The lowest BCUT2D eigenvalue weighted by Gasteiger charge is -2.13. The summed E-state index contributed by atoms with van der Waals surface area (Å²) in [6.45, 7) is 0. The highest BCUT2D eigenvalue weighted by atomic mass is 32.2. The van der Waals surface area contributed by atoms with Crippen molar-refractivity contribution in [2.45, 2.75) is 23.8 Å². The number of ether oxygens (including phenoxy) is 1. The van der Waals surface area contributed by atoms with E-state index in [4.69, 9.17) is 5.11 Å². The number of hydrogen-bond donors (Lipinski definition) is 2. The van der Waals surface area contributed by atoms with Crippen LogP contribution in [-0.4, -0.2) is 46.8 Å². The second kappa shape index (κ2) is 8.96. The first kappa shape index (κ1) is 17.0. The molecule has 0 aliphatic carbocycles. The van der Waals surface area contributed by atoms with E-state index in [9.17, 15) is 14.4 Å². The first-order chi connectivity index (χ1) is 10.0. The Morgan fingerprint density at radius 2 is 2.05 bits per heavy atom. The molecule has 114 valence electrons. The molecule has 0 saturated carbocycles. The molecule has 1 amide bonds. The smallest absolute Gasteiger partial charge is 0.326 e. The third-order valence-electron chi connectivity index (χ3n) is 2.52. The molecule has 1 rings (SSSR count). The Bertz CT molecular complexity index is 495. The van der Waals surface area contributed by atoms with E-state index in [1.165, 1.54) is 18.9 Å². The number of pyridine rings is 1. The summed E-state index contributed by atoms with van der Waals surface area (Å²) in [5, 5.41) is 11.4. The van der Waals surface area contributed by atoms with Gasteiger partial charge in [0.25, 0.3) is 0 Å². The van der Waals surface area contributed by atoms with Crippen LogP contribution < -0.4 is 5.32 Å². The summed E-state index contributed by atoms with van der Waals surface area (Å²) in [4.78, 5) is 38.5. The van der Waals surface area contributed by atoms with Crippen LogP contribution in [0.5, 0.6) is 0 Å². The molecule has 8 heteroatoms. The average molecular weight is 312 g/mol. The Morgan fingerprint density at radius 3 is 2.62 bits per heavy atom. The minimum atomic E-state index is -1.18. The minimum absolute atomic E-state index is 0.00628. The van der Waals surface area contributed by atoms with E-state index in [-0.39, 0.29) is 18.6 Å². The zero-order valence-corrected chi connectivity index (χ0v) is 12.3. The molecular formula is C13H16N2O5S. The van der Waals surface area contributed by atoms with Gasteiger partial charge in [0.2, 0.25) is 5.91 Å². The lowest BCUT2D eigenvalue weighted by molar-refractivity contribution is -0.143. The molecule has 2 N–H and O–H groups in total. The van der Waals surface area contributed by atoms with Crippen molar-refractivity contribution in [1.29, 1.82) is 0 Å². The van der Waals surface area contributed by atoms with Crippen molar-refractivity contribution in [3.63, 3.8) is 0 Å². The van der Waals surface area contributed by atoms with Gasteiger partial charge >= 0.3 is 11.9 Å². The second-order valence-electron chi connectivity index (χ2n) is 4.04. The zero-order valence-electron chi connectivity index (χ0n) is 11.4. The van der Waals surface area contributed by atoms with Crippen molar-refractivity contribution in [3.8, 4) is 0 Å². The van der Waals surface area contributed by atoms with Crippen molar-refractivity contribution in [2.75, 3.05) is 12.9 Å². The number of carboxylic acid groups (broad SMARTS) is 1. The molecule has 1 aromatic rings. The number of esters is 1. The van der Waals surface area contributed by atoms with Gasteiger partial charge in [0.15, 0.2) is 0 Å². The van der Waals surface area contributed by atoms with Crippen LogP contribution in [0.3, 0.4) is 0 Å². The van der Waals surface area contributed by atoms with Gasteiger partial charge in [-0.2, -0.15) is 0 Å². The molecule has 1 aromatic heterocycles. The van der Waals surface area contributed by atoms with Crippen LogP contribution in [0.4, 0.5) is 0 Å². The van der Waals surface area contributed by atoms with Crippen LogP contribution >= 0.6 is 11.8 Å². The predicted octanol–water partition coefficient (Wildman–Crippen LogP) is 0.696. The Hall–Kier alpha value is -2.09. The highest BCUT2D eigenvalue weighted by Gasteiger charge is 2.21. The van der Waals surface area contributed by atoms with Crippen molar-refractivity contribution in [1.82, 2.24) is 10.3 Å². The molecule has 0 bridgehead atoms. The number of carbonyl (C=O) groups is 3. The number of aromatic nitrogens is 1. The number of thioether (sulfide) groups is 1. The van der Waals surface area contributed by atoms with Crippen LogP contribution in [0.1, 0.15) is 12.8 Å². The zero-order chi connectivity index (χ0) is 15.7. The number of nitrogens with zero attached hydrogens (tertiary/aromatic N) is 1. The molecule has 0 saturated heterocycles. The molecule has 0 fully saturated rings. The summed E-state index contributed by atoms with van der Waals surface area (Å²) < 4.78 is 4.44. The lowest BCUT2D eigenvalue weighted by Crippen LogP contribution is -2.42. The van der Waals surface area contributed by atoms with Crippen molar-refractivity contribution in [2.24, 2.45) is 0 Å². The van der Waals surface area contributed by atoms with E-state index >= 15 is 0 Å². The minimum Gasteiger partial charge on any atom is -0.480 e. The fourth-order valence-corrected chi connectivity index (χ4v) is 2.14. The Kier molecular flexibility index (Phi) is 7.24. The molecule has 1 atom stereocenters. The highest BCUT2D eigenvalue weighted by Crippen LogP contribution is 2.15. The van der Waals surface area contributed by atoms with Gasteiger partial charge in [-0.05, 0) is 18.6 Å². The molecular weight excluding hydrogens is 296 g/mol. The van der Waals surface area contributed by atoms with Crippen LogP contribution in [0.15, 0.2) is 29.4 Å². The fourth-order valence-electron chi connectivity index (χ4n) is 1.44. The maximum atomic E-state index is 11.7. The molecule has 0 aromatic carbocycles. The summed E-state index contributed by atoms with van der Waals surface area (Å²) in [5.74, 6) is -2.01. The Morgan fingerprint density at radius 1 is 1.38 bits per heavy atom. The number of hydrogen-bond acceptors (Lipinski definition) is 6. The lowest BCUT2D eigenvalue weighted by atomic mass is 10.1. The summed E-state index contributed by atoms with van der Waals surface area (Å²) in [6, 6.07) is 2.41. The number of rotatable bonds is 8. The van der Waals surface area contributed by atoms with Gasteiger partial charge in [-0.15, -0.1) is 11.8 Å². The third-order valence-corrected chi connectivity index (χ3v) is 3.53. The van der Waals surface area contributed by atoms with E-state index in [0.29, 0.717) is 0 Å². The number of carboxylic acids is 1. The van der Waals surface area contributed by atoms with E-state index in [1.807, 2.05) is 0 Å². The largest absolute Gasteiger partial charge is 0.480 e. The van der Waals surface area contributed by atoms with Crippen molar-refractivity contribution >= 4 is 29.6 Å². The Balaban J connectivity index is 2.41. The molecule has 21 heavy (non-hydrogen) atoms. The van der Waals surface area contributed by atoms with Gasteiger partial charge in [-0.25, -0.2) is 4.79 Å². The summed E-state index contributed by atoms with van der Waals surface area (Å²) in [7, 11) is 1.22. The third kappa shape index (κ3) is 6.75. The number of methoxy groups -OCH3 is 1. The number of carbonyl (C=O) groups excluding carboxylic acids is 2. The van der Waals surface area contributed by atoms with E-state index in [1.54, 1.807) is 24.5 Å². The highest BCUT2D eigenvalue weighted by molar-refractivity contribution is 8.00. The van der Waals surface area contributed by atoms with Gasteiger partial charge in [0.1, 0.15) is 6.04 Å². The first-order valence-corrected chi connectivity index (χ1v) is 7.13. The van der Waals surface area contributed by atoms with Crippen LogP contribution in [0.2, 0.25) is 0 Å². The van der Waals surface area contributed by atoms with E-state index in [0.717, 1.165) is 4.90 Å². The van der Waals surface area contributed by atoms with Crippen LogP contribution in [-0.2, 0) is 19.1 Å². The Labute approximate surface area is 126 Å². The van der Waals surface area contributed by atoms with Gasteiger partial charge < -0.3 is 15.2 Å². The predicted molar refractivity (Wildman–Crippen MR) is 75.8 cm³/mol. The maximum absolute atomic E-state index is 11.7. The van der Waals surface area contributed by atoms with Gasteiger partial charge in [0.05, 0.1) is 12.9 Å². The number of amides is 1. The van der Waals surface area contributed by atoms with E-state index < -0.39 is 23.9 Å². The van der Waals surface area contributed by atoms with Gasteiger partial charge in [-0.1, -0.05) is 0 Å². The molecule has 0 spiro atoms. The molecule has 0 aliphatic heterocycles. The standard InChI is InChI=1S/C13H16N2O5S/c1-20-12(17)3-2-10(13(18)19)15-11(16)8-21-9-4-6-14-7-5-9/h4-7,10H,2-3,8H2,1H3,(H,15,16)(H,18,19)/t10-/m1/s1. The quantitative estimate of drug-likeness (QED) is 0.537. The molecule has 1 heterocycles. The summed E-state index contributed by atoms with van der Waals surface area (Å²) in [5.41, 5.74) is 0. The molecule has 7 nitrogen and oxygen atoms in total. The van der Waals surface area contributed by atoms with Crippen LogP contribution in [0.25, 0.3) is 0 Å². The summed E-state index contributed by atoms with van der Waals surface area (Å²) >= 11 is 1.27. The SMILES string of the molecule is COC(=O)CC[C@@H](NC(=O)CSc1ccncc1)C(=O)O. The molecule has 0 radical (unpaired) electrons. The first-order valence-electron chi connectivity index (χ1n) is 6.14. The number of aliphatic carboxylic acids is 1. The van der Waals surface area contributed by atoms with Crippen molar-refractivity contribution in [3.05, 3.63) is 24.5 Å². The van der Waals surface area contributed by atoms with E-state index in [2.05, 4.69) is 15.0 Å². The summed E-state index contributed by atoms with van der Waals surface area (Å²) in [6.07, 6.45) is 3.15. The monoisotopic (exact) mass is 312 g/mol. The van der Waals surface area contributed by atoms with Crippen LogP contribution in [0, 0.1) is 0 Å². The van der Waals surface area contributed by atoms with Gasteiger partial charge in [0, 0.05) is 23.7 Å². The molecule has 0 aliphatic rings. The topological polar surface area (TPSA) is 106 Å². The number of nitrogens with one attached hydrogen (secondary N) is 1. The fraction of sp³-hybridized carbons (Fsp3) is 0.385. The average Bonchev–Trinajstić information content (AvgIpc) is 2.49. The second-order valence-corrected chi connectivity index (χ2v) is 5.09. The van der Waals surface area contributed by atoms with Crippen molar-refractivity contribution < 1.29 is 24.2 Å². The van der Waals surface area contributed by atoms with Gasteiger partial charge in [-0.3, -0.25) is 14.6 Å². The molecule has 0 unspecified atom stereocenters. The maximum Gasteiger partial charge on any atom is 0.326 e.